The van der Waals surface area contributed by atoms with Gasteiger partial charge in [-0.25, -0.2) is 0 Å². The van der Waals surface area contributed by atoms with Crippen molar-refractivity contribution in [3.63, 3.8) is 0 Å². The molecule has 2 N–H and O–H groups in total. The number of carbonyl (C=O) groups excluding carboxylic acids is 1. The lowest BCUT2D eigenvalue weighted by atomic mass is 10.0. The number of rotatable bonds is 6. The van der Waals surface area contributed by atoms with Crippen LogP contribution in [0.15, 0.2) is 48.5 Å². The molecule has 0 aliphatic heterocycles. The van der Waals surface area contributed by atoms with Gasteiger partial charge in [-0.2, -0.15) is 0 Å². The first-order valence-corrected chi connectivity index (χ1v) is 7.34. The zero-order valence-electron chi connectivity index (χ0n) is 12.9. The lowest BCUT2D eigenvalue weighted by Crippen LogP contribution is -2.17. The Morgan fingerprint density at radius 3 is 2.14 bits per heavy atom. The standard InChI is InChI=1S/C18H21NO3/c1-3-21-18(20)12-17(19)14-6-10-16(11-7-14)22-15-8-4-13(2)5-9-15/h4-11,17H,3,12,19H2,1-2H3/t17-/m0/s1. The molecule has 0 spiro atoms. The van der Waals surface area contributed by atoms with Crippen LogP contribution >= 0.6 is 0 Å². The maximum Gasteiger partial charge on any atom is 0.307 e. The largest absolute Gasteiger partial charge is 0.466 e. The average molecular weight is 299 g/mol. The van der Waals surface area contributed by atoms with E-state index >= 15 is 0 Å². The van der Waals surface area contributed by atoms with Gasteiger partial charge in [-0.1, -0.05) is 29.8 Å². The van der Waals surface area contributed by atoms with Crippen molar-refractivity contribution in [2.75, 3.05) is 6.61 Å². The molecule has 2 aromatic carbocycles. The summed E-state index contributed by atoms with van der Waals surface area (Å²) in [6, 6.07) is 14.9. The molecule has 2 aromatic rings. The van der Waals surface area contributed by atoms with E-state index in [9.17, 15) is 4.79 Å². The third-order valence-corrected chi connectivity index (χ3v) is 3.26. The SMILES string of the molecule is CCOC(=O)C[C@H](N)c1ccc(Oc2ccc(C)cc2)cc1. The zero-order valence-corrected chi connectivity index (χ0v) is 12.9. The zero-order chi connectivity index (χ0) is 15.9. The fourth-order valence-corrected chi connectivity index (χ4v) is 2.04. The Hall–Kier alpha value is -2.33. The minimum absolute atomic E-state index is 0.173. The Morgan fingerprint density at radius 2 is 1.59 bits per heavy atom. The molecule has 0 aliphatic carbocycles. The number of carbonyl (C=O) groups is 1. The number of nitrogens with two attached hydrogens (primary N) is 1. The Kier molecular flexibility index (Phi) is 5.55. The first-order chi connectivity index (χ1) is 10.6. The van der Waals surface area contributed by atoms with Gasteiger partial charge < -0.3 is 15.2 Å². The third kappa shape index (κ3) is 4.60. The molecule has 2 rings (SSSR count). The Bertz CT molecular complexity index is 605. The Morgan fingerprint density at radius 1 is 1.05 bits per heavy atom. The highest BCUT2D eigenvalue weighted by Crippen LogP contribution is 2.24. The Labute approximate surface area is 130 Å². The smallest absolute Gasteiger partial charge is 0.307 e. The van der Waals surface area contributed by atoms with E-state index in [1.165, 1.54) is 5.56 Å². The minimum Gasteiger partial charge on any atom is -0.466 e. The minimum atomic E-state index is -0.368. The maximum atomic E-state index is 11.4. The second-order valence-corrected chi connectivity index (χ2v) is 5.10. The summed E-state index contributed by atoms with van der Waals surface area (Å²) < 4.78 is 10.7. The number of hydrogen-bond acceptors (Lipinski definition) is 4. The van der Waals surface area contributed by atoms with Crippen LogP contribution in [0.3, 0.4) is 0 Å². The quantitative estimate of drug-likeness (QED) is 0.825. The number of hydrogen-bond donors (Lipinski definition) is 1. The van der Waals surface area contributed by atoms with Crippen molar-refractivity contribution in [1.29, 1.82) is 0 Å². The molecule has 0 bridgehead atoms. The summed E-state index contributed by atoms with van der Waals surface area (Å²) in [4.78, 5) is 11.4. The summed E-state index contributed by atoms with van der Waals surface area (Å²) in [5, 5.41) is 0. The second kappa shape index (κ2) is 7.61. The van der Waals surface area contributed by atoms with Gasteiger partial charge in [0.15, 0.2) is 0 Å². The third-order valence-electron chi connectivity index (χ3n) is 3.26. The molecule has 4 nitrogen and oxygen atoms in total. The van der Waals surface area contributed by atoms with Crippen LogP contribution in [0.4, 0.5) is 0 Å². The van der Waals surface area contributed by atoms with Crippen molar-refractivity contribution < 1.29 is 14.3 Å². The van der Waals surface area contributed by atoms with E-state index in [1.54, 1.807) is 6.92 Å². The molecule has 0 saturated carbocycles. The molecule has 116 valence electrons. The molecule has 0 amide bonds. The number of benzene rings is 2. The number of ether oxygens (including phenoxy) is 2. The van der Waals surface area contributed by atoms with Crippen molar-refractivity contribution >= 4 is 5.97 Å². The van der Waals surface area contributed by atoms with Crippen molar-refractivity contribution in [1.82, 2.24) is 0 Å². The Balaban J connectivity index is 1.97. The normalized spacial score (nSPS) is 11.8. The molecule has 0 aliphatic rings. The molecule has 22 heavy (non-hydrogen) atoms. The molecule has 0 unspecified atom stereocenters. The first-order valence-electron chi connectivity index (χ1n) is 7.34. The monoisotopic (exact) mass is 299 g/mol. The summed E-state index contributed by atoms with van der Waals surface area (Å²) in [7, 11) is 0. The van der Waals surface area contributed by atoms with E-state index in [0.29, 0.717) is 6.61 Å². The van der Waals surface area contributed by atoms with Crippen molar-refractivity contribution in [3.05, 3.63) is 59.7 Å². The molecular weight excluding hydrogens is 278 g/mol. The fourth-order valence-electron chi connectivity index (χ4n) is 2.04. The molecule has 4 heteroatoms. The molecule has 1 atom stereocenters. The van der Waals surface area contributed by atoms with Gasteiger partial charge >= 0.3 is 5.97 Å². The number of esters is 1. The van der Waals surface area contributed by atoms with E-state index < -0.39 is 0 Å². The van der Waals surface area contributed by atoms with Gasteiger partial charge in [0, 0.05) is 6.04 Å². The summed E-state index contributed by atoms with van der Waals surface area (Å²) >= 11 is 0. The van der Waals surface area contributed by atoms with Gasteiger partial charge in [0.25, 0.3) is 0 Å². The van der Waals surface area contributed by atoms with E-state index in [1.807, 2.05) is 55.5 Å². The van der Waals surface area contributed by atoms with Crippen LogP contribution in [-0.4, -0.2) is 12.6 Å². The van der Waals surface area contributed by atoms with E-state index in [4.69, 9.17) is 15.2 Å². The van der Waals surface area contributed by atoms with Crippen molar-refractivity contribution in [3.8, 4) is 11.5 Å². The van der Waals surface area contributed by atoms with E-state index in [-0.39, 0.29) is 18.4 Å². The average Bonchev–Trinajstić information content (AvgIpc) is 2.50. The molecule has 0 saturated heterocycles. The highest BCUT2D eigenvalue weighted by Gasteiger charge is 2.12. The lowest BCUT2D eigenvalue weighted by molar-refractivity contribution is -0.143. The van der Waals surface area contributed by atoms with Gasteiger partial charge in [0.05, 0.1) is 13.0 Å². The first kappa shape index (κ1) is 16.0. The van der Waals surface area contributed by atoms with Crippen LogP contribution in [0, 0.1) is 6.92 Å². The predicted octanol–water partition coefficient (Wildman–Crippen LogP) is 3.74. The summed E-state index contributed by atoms with van der Waals surface area (Å²) in [6.07, 6.45) is 0.173. The molecule has 0 radical (unpaired) electrons. The maximum absolute atomic E-state index is 11.4. The molecular formula is C18H21NO3. The van der Waals surface area contributed by atoms with Gasteiger partial charge in [-0.05, 0) is 43.7 Å². The summed E-state index contributed by atoms with van der Waals surface area (Å²) in [5.41, 5.74) is 8.07. The fraction of sp³-hybridized carbons (Fsp3) is 0.278. The highest BCUT2D eigenvalue weighted by molar-refractivity contribution is 5.70. The summed E-state index contributed by atoms with van der Waals surface area (Å²) in [5.74, 6) is 1.24. The number of aryl methyl sites for hydroxylation is 1. The van der Waals surface area contributed by atoms with Crippen LogP contribution in [0.25, 0.3) is 0 Å². The predicted molar refractivity (Wildman–Crippen MR) is 85.9 cm³/mol. The van der Waals surface area contributed by atoms with Gasteiger partial charge in [-0.3, -0.25) is 4.79 Å². The van der Waals surface area contributed by atoms with Crippen LogP contribution in [0.1, 0.15) is 30.5 Å². The highest BCUT2D eigenvalue weighted by atomic mass is 16.5. The van der Waals surface area contributed by atoms with Crippen LogP contribution in [0.2, 0.25) is 0 Å². The van der Waals surface area contributed by atoms with Gasteiger partial charge in [-0.15, -0.1) is 0 Å². The topological polar surface area (TPSA) is 61.5 Å². The second-order valence-electron chi connectivity index (χ2n) is 5.10. The van der Waals surface area contributed by atoms with Crippen LogP contribution in [-0.2, 0) is 9.53 Å². The van der Waals surface area contributed by atoms with Gasteiger partial charge in [0.1, 0.15) is 11.5 Å². The van der Waals surface area contributed by atoms with Crippen molar-refractivity contribution in [2.24, 2.45) is 5.73 Å². The van der Waals surface area contributed by atoms with Gasteiger partial charge in [0.2, 0.25) is 0 Å². The van der Waals surface area contributed by atoms with E-state index in [2.05, 4.69) is 0 Å². The molecule has 0 aromatic heterocycles. The lowest BCUT2D eigenvalue weighted by Gasteiger charge is -2.12. The molecule has 0 fully saturated rings. The summed E-state index contributed by atoms with van der Waals surface area (Å²) in [6.45, 7) is 4.18. The van der Waals surface area contributed by atoms with Crippen molar-refractivity contribution in [2.45, 2.75) is 26.3 Å². The van der Waals surface area contributed by atoms with Crippen LogP contribution in [0.5, 0.6) is 11.5 Å². The van der Waals surface area contributed by atoms with E-state index in [0.717, 1.165) is 17.1 Å². The molecule has 0 heterocycles. The van der Waals surface area contributed by atoms with Crippen LogP contribution < -0.4 is 10.5 Å².